The van der Waals surface area contributed by atoms with Crippen LogP contribution in [-0.4, -0.2) is 38.0 Å². The van der Waals surface area contributed by atoms with E-state index in [0.717, 1.165) is 0 Å². The number of rotatable bonds is 5. The number of nitrogens with one attached hydrogen (secondary N) is 1. The minimum Gasteiger partial charge on any atom is -0.508 e. The number of phenols is 1. The molecule has 1 aliphatic rings. The Morgan fingerprint density at radius 3 is 2.92 bits per heavy atom. The second-order valence-corrected chi connectivity index (χ2v) is 5.98. The second kappa shape index (κ2) is 7.16. The van der Waals surface area contributed by atoms with Crippen molar-refractivity contribution < 1.29 is 14.6 Å². The van der Waals surface area contributed by atoms with Gasteiger partial charge in [-0.05, 0) is 38.1 Å². The number of phenolic OH excluding ortho intramolecular Hbond substituents is 1. The van der Waals surface area contributed by atoms with Gasteiger partial charge >= 0.3 is 0 Å². The molecule has 8 heteroatoms. The summed E-state index contributed by atoms with van der Waals surface area (Å²) in [4.78, 5) is 15.4. The summed E-state index contributed by atoms with van der Waals surface area (Å²) < 4.78 is 6.97. The van der Waals surface area contributed by atoms with Crippen LogP contribution in [0.4, 0.5) is 11.9 Å². The van der Waals surface area contributed by atoms with Gasteiger partial charge in [0.2, 0.25) is 11.9 Å². The second-order valence-electron chi connectivity index (χ2n) is 5.98. The summed E-state index contributed by atoms with van der Waals surface area (Å²) >= 11 is 0. The smallest absolute Gasteiger partial charge is 0.245 e. The highest BCUT2D eigenvalue weighted by Crippen LogP contribution is 2.22. The van der Waals surface area contributed by atoms with E-state index in [9.17, 15) is 9.90 Å². The normalized spacial score (nSPS) is 16.3. The van der Waals surface area contributed by atoms with Gasteiger partial charge in [0, 0.05) is 6.07 Å². The van der Waals surface area contributed by atoms with Crippen molar-refractivity contribution in [2.75, 3.05) is 11.1 Å². The number of nitrogens with zero attached hydrogens (tertiary/aromatic N) is 3. The molecule has 4 N–H and O–H groups in total. The fraction of sp³-hybridized carbons (Fsp3) is 0.222. The largest absolute Gasteiger partial charge is 0.508 e. The van der Waals surface area contributed by atoms with Gasteiger partial charge in [0.1, 0.15) is 17.5 Å². The summed E-state index contributed by atoms with van der Waals surface area (Å²) in [6.45, 7) is 3.81. The SMILES string of the molecule is CC(C)OC1=CC(=C=O)C(Nc2nc(N)n(-c3cccc(O)c3)n2)C=C1. The highest BCUT2D eigenvalue weighted by Gasteiger charge is 2.19. The average Bonchev–Trinajstić information content (AvgIpc) is 2.96. The first kappa shape index (κ1) is 17.3. The number of allylic oxidation sites excluding steroid dienone is 1. The van der Waals surface area contributed by atoms with Gasteiger partial charge in [0.15, 0.2) is 0 Å². The van der Waals surface area contributed by atoms with E-state index in [-0.39, 0.29) is 23.8 Å². The Morgan fingerprint density at radius 1 is 1.42 bits per heavy atom. The van der Waals surface area contributed by atoms with E-state index in [1.165, 1.54) is 10.7 Å². The van der Waals surface area contributed by atoms with Gasteiger partial charge in [0.05, 0.1) is 23.4 Å². The topological polar surface area (TPSA) is 115 Å². The molecule has 2 aromatic rings. The van der Waals surface area contributed by atoms with Gasteiger partial charge in [-0.25, -0.2) is 4.79 Å². The van der Waals surface area contributed by atoms with Crippen molar-refractivity contribution in [1.82, 2.24) is 14.8 Å². The van der Waals surface area contributed by atoms with E-state index in [1.54, 1.807) is 36.4 Å². The minimum absolute atomic E-state index is 0.00256. The Morgan fingerprint density at radius 2 is 2.23 bits per heavy atom. The molecule has 8 nitrogen and oxygen atoms in total. The van der Waals surface area contributed by atoms with Crippen LogP contribution in [0.5, 0.6) is 5.75 Å². The maximum Gasteiger partial charge on any atom is 0.245 e. The first-order chi connectivity index (χ1) is 12.5. The molecule has 1 aliphatic carbocycles. The number of anilines is 2. The monoisotopic (exact) mass is 353 g/mol. The maximum atomic E-state index is 11.3. The molecule has 26 heavy (non-hydrogen) atoms. The number of nitrogen functional groups attached to an aromatic ring is 1. The molecule has 1 aromatic carbocycles. The highest BCUT2D eigenvalue weighted by atomic mass is 16.5. The fourth-order valence-electron chi connectivity index (χ4n) is 2.49. The third kappa shape index (κ3) is 3.76. The lowest BCUT2D eigenvalue weighted by Crippen LogP contribution is -2.23. The number of aromatic hydroxyl groups is 1. The minimum atomic E-state index is -0.452. The molecule has 0 amide bonds. The number of hydrogen-bond acceptors (Lipinski definition) is 7. The Bertz CT molecular complexity index is 923. The molecule has 0 spiro atoms. The van der Waals surface area contributed by atoms with E-state index < -0.39 is 6.04 Å². The van der Waals surface area contributed by atoms with Crippen molar-refractivity contribution in [3.63, 3.8) is 0 Å². The number of ether oxygens (including phenoxy) is 1. The third-order valence-electron chi connectivity index (χ3n) is 3.57. The molecule has 1 unspecified atom stereocenters. The van der Waals surface area contributed by atoms with E-state index in [4.69, 9.17) is 10.5 Å². The Hall–Kier alpha value is -3.51. The van der Waals surface area contributed by atoms with Crippen LogP contribution in [0.1, 0.15) is 13.8 Å². The first-order valence-electron chi connectivity index (χ1n) is 8.06. The molecule has 0 radical (unpaired) electrons. The van der Waals surface area contributed by atoms with Gasteiger partial charge in [-0.1, -0.05) is 12.1 Å². The van der Waals surface area contributed by atoms with Crippen molar-refractivity contribution >= 4 is 17.8 Å². The van der Waals surface area contributed by atoms with Gasteiger partial charge in [-0.3, -0.25) is 0 Å². The average molecular weight is 353 g/mol. The van der Waals surface area contributed by atoms with Gasteiger partial charge < -0.3 is 20.9 Å². The molecule has 0 aliphatic heterocycles. The third-order valence-corrected chi connectivity index (χ3v) is 3.57. The van der Waals surface area contributed by atoms with Crippen LogP contribution >= 0.6 is 0 Å². The predicted octanol–water partition coefficient (Wildman–Crippen LogP) is 1.97. The summed E-state index contributed by atoms with van der Waals surface area (Å²) in [5.41, 5.74) is 6.85. The van der Waals surface area contributed by atoms with Crippen LogP contribution in [-0.2, 0) is 9.53 Å². The molecule has 1 aromatic heterocycles. The molecule has 1 atom stereocenters. The molecular weight excluding hydrogens is 334 g/mol. The predicted molar refractivity (Wildman–Crippen MR) is 97.5 cm³/mol. The fourth-order valence-corrected chi connectivity index (χ4v) is 2.49. The molecule has 0 saturated carbocycles. The number of carbonyl (C=O) groups excluding carboxylic acids is 1. The molecule has 1 heterocycles. The lowest BCUT2D eigenvalue weighted by atomic mass is 10.0. The Kier molecular flexibility index (Phi) is 4.77. The van der Waals surface area contributed by atoms with Crippen molar-refractivity contribution in [3.8, 4) is 11.4 Å². The van der Waals surface area contributed by atoms with E-state index in [2.05, 4.69) is 15.4 Å². The summed E-state index contributed by atoms with van der Waals surface area (Å²) in [6.07, 6.45) is 5.17. The molecule has 3 rings (SSSR count). The zero-order valence-corrected chi connectivity index (χ0v) is 14.4. The number of benzene rings is 1. The zero-order valence-electron chi connectivity index (χ0n) is 14.4. The standard InChI is InChI=1S/C18H19N5O3/c1-11(2)26-15-6-7-16(12(8-15)10-24)20-18-21-17(19)23(22-18)13-4-3-5-14(25)9-13/h3-9,11,16,25H,1-2H3,(H3,19,20,21,22). The molecule has 0 bridgehead atoms. The molecule has 134 valence electrons. The summed E-state index contributed by atoms with van der Waals surface area (Å²) in [6, 6.07) is 6.03. The van der Waals surface area contributed by atoms with Crippen molar-refractivity contribution in [3.05, 3.63) is 53.8 Å². The quantitative estimate of drug-likeness (QED) is 0.704. The zero-order chi connectivity index (χ0) is 18.7. The van der Waals surface area contributed by atoms with E-state index in [0.29, 0.717) is 17.0 Å². The van der Waals surface area contributed by atoms with E-state index in [1.807, 2.05) is 19.8 Å². The first-order valence-corrected chi connectivity index (χ1v) is 8.06. The van der Waals surface area contributed by atoms with Gasteiger partial charge in [0.25, 0.3) is 0 Å². The lowest BCUT2D eigenvalue weighted by Gasteiger charge is -2.19. The number of aromatic nitrogens is 3. The molecule has 0 saturated heterocycles. The molecule has 0 fully saturated rings. The number of hydrogen-bond donors (Lipinski definition) is 3. The summed E-state index contributed by atoms with van der Waals surface area (Å²) in [7, 11) is 0. The van der Waals surface area contributed by atoms with E-state index >= 15 is 0 Å². The summed E-state index contributed by atoms with van der Waals surface area (Å²) in [5.74, 6) is 2.99. The van der Waals surface area contributed by atoms with Crippen LogP contribution in [0.3, 0.4) is 0 Å². The highest BCUT2D eigenvalue weighted by molar-refractivity contribution is 5.65. The molecular formula is C18H19N5O3. The van der Waals surface area contributed by atoms with Crippen LogP contribution in [0.2, 0.25) is 0 Å². The Balaban J connectivity index is 1.80. The summed E-state index contributed by atoms with van der Waals surface area (Å²) in [5, 5.41) is 16.9. The van der Waals surface area contributed by atoms with Crippen LogP contribution in [0.15, 0.2) is 53.8 Å². The maximum absolute atomic E-state index is 11.3. The van der Waals surface area contributed by atoms with Crippen LogP contribution < -0.4 is 11.1 Å². The van der Waals surface area contributed by atoms with Crippen LogP contribution in [0, 0.1) is 0 Å². The van der Waals surface area contributed by atoms with Gasteiger partial charge in [-0.15, -0.1) is 5.10 Å². The number of nitrogens with two attached hydrogens (primary N) is 1. The Labute approximate surface area is 150 Å². The van der Waals surface area contributed by atoms with Crippen molar-refractivity contribution in [2.45, 2.75) is 26.0 Å². The van der Waals surface area contributed by atoms with Crippen LogP contribution in [0.25, 0.3) is 5.69 Å². The van der Waals surface area contributed by atoms with Crippen molar-refractivity contribution in [1.29, 1.82) is 0 Å². The van der Waals surface area contributed by atoms with Gasteiger partial charge in [-0.2, -0.15) is 9.67 Å². The lowest BCUT2D eigenvalue weighted by molar-refractivity contribution is 0.157. The van der Waals surface area contributed by atoms with Crippen molar-refractivity contribution in [2.24, 2.45) is 0 Å².